The van der Waals surface area contributed by atoms with Crippen LogP contribution in [0, 0.1) is 5.41 Å². The average Bonchev–Trinajstić information content (AvgIpc) is 2.66. The first kappa shape index (κ1) is 7.48. The van der Waals surface area contributed by atoms with Gasteiger partial charge in [0, 0.05) is 12.0 Å². The number of hydrogen-bond donors (Lipinski definition) is 1. The summed E-state index contributed by atoms with van der Waals surface area (Å²) >= 11 is 0. The summed E-state index contributed by atoms with van der Waals surface area (Å²) < 4.78 is 0. The summed E-state index contributed by atoms with van der Waals surface area (Å²) in [6.07, 6.45) is 1.91. The molecule has 0 radical (unpaired) electrons. The molecule has 0 saturated heterocycles. The van der Waals surface area contributed by atoms with Gasteiger partial charge in [0.05, 0.1) is 0 Å². The lowest BCUT2D eigenvalue weighted by Crippen LogP contribution is -2.25. The van der Waals surface area contributed by atoms with E-state index >= 15 is 0 Å². The number of hydrogen-bond acceptors (Lipinski definition) is 2. The number of carbonyl (C=O) groups excluding carboxylic acids is 1. The van der Waals surface area contributed by atoms with Crippen molar-refractivity contribution in [2.24, 2.45) is 11.1 Å². The quantitative estimate of drug-likeness (QED) is 0.589. The van der Waals surface area contributed by atoms with Crippen LogP contribution in [0.25, 0.3) is 0 Å². The first-order chi connectivity index (χ1) is 4.62. The number of rotatable bonds is 3. The van der Waals surface area contributed by atoms with Crippen LogP contribution in [0.4, 0.5) is 0 Å². The topological polar surface area (TPSA) is 43.1 Å². The number of Topliss-reactive ketones (excluding diaryl/α,β-unsaturated/α-hetero) is 1. The molecule has 2 nitrogen and oxygen atoms in total. The number of carbonyl (C=O) groups is 1. The second kappa shape index (κ2) is 2.20. The minimum Gasteiger partial charge on any atom is -0.329 e. The predicted molar refractivity (Wildman–Crippen MR) is 40.5 cm³/mol. The Morgan fingerprint density at radius 3 is 2.30 bits per heavy atom. The summed E-state index contributed by atoms with van der Waals surface area (Å²) in [4.78, 5) is 11.3. The van der Waals surface area contributed by atoms with Crippen LogP contribution in [0.1, 0.15) is 19.8 Å². The second-order valence-electron chi connectivity index (χ2n) is 3.09. The van der Waals surface area contributed by atoms with Gasteiger partial charge in [0.25, 0.3) is 0 Å². The summed E-state index contributed by atoms with van der Waals surface area (Å²) in [5.74, 6) is 0.162. The van der Waals surface area contributed by atoms with Crippen LogP contribution in [0.3, 0.4) is 0 Å². The Morgan fingerprint density at radius 2 is 2.20 bits per heavy atom. The number of allylic oxidation sites excluding steroid dienone is 1. The van der Waals surface area contributed by atoms with E-state index in [9.17, 15) is 4.79 Å². The van der Waals surface area contributed by atoms with E-state index in [2.05, 4.69) is 6.58 Å². The van der Waals surface area contributed by atoms with E-state index in [0.717, 1.165) is 12.8 Å². The minimum absolute atomic E-state index is 0.162. The first-order valence-electron chi connectivity index (χ1n) is 3.53. The van der Waals surface area contributed by atoms with Crippen LogP contribution in [-0.2, 0) is 4.79 Å². The van der Waals surface area contributed by atoms with Crippen LogP contribution in [0.15, 0.2) is 12.2 Å². The summed E-state index contributed by atoms with van der Waals surface area (Å²) in [5, 5.41) is 0. The zero-order valence-electron chi connectivity index (χ0n) is 6.31. The molecule has 10 heavy (non-hydrogen) atoms. The Bertz CT molecular complexity index is 180. The van der Waals surface area contributed by atoms with Gasteiger partial charge < -0.3 is 5.73 Å². The van der Waals surface area contributed by atoms with E-state index in [1.54, 1.807) is 6.92 Å². The van der Waals surface area contributed by atoms with Crippen LogP contribution in [-0.4, -0.2) is 12.3 Å². The van der Waals surface area contributed by atoms with Gasteiger partial charge in [-0.25, -0.2) is 0 Å². The van der Waals surface area contributed by atoms with Crippen LogP contribution >= 0.6 is 0 Å². The van der Waals surface area contributed by atoms with Crippen LogP contribution < -0.4 is 5.73 Å². The largest absolute Gasteiger partial charge is 0.329 e. The number of nitrogens with two attached hydrogens (primary N) is 1. The molecule has 0 aromatic heterocycles. The maximum absolute atomic E-state index is 11.3. The van der Waals surface area contributed by atoms with E-state index in [1.807, 2.05) is 0 Å². The summed E-state index contributed by atoms with van der Waals surface area (Å²) in [6.45, 7) is 5.84. The molecule has 1 rings (SSSR count). The SMILES string of the molecule is C=C(C)C(=O)C1(CN)CC1. The van der Waals surface area contributed by atoms with Crippen molar-refractivity contribution in [1.29, 1.82) is 0 Å². The zero-order valence-corrected chi connectivity index (χ0v) is 6.31. The smallest absolute Gasteiger partial charge is 0.165 e. The van der Waals surface area contributed by atoms with E-state index in [-0.39, 0.29) is 11.2 Å². The Kier molecular flexibility index (Phi) is 1.65. The fourth-order valence-corrected chi connectivity index (χ4v) is 1.13. The summed E-state index contributed by atoms with van der Waals surface area (Å²) in [7, 11) is 0. The highest BCUT2D eigenvalue weighted by Crippen LogP contribution is 2.46. The highest BCUT2D eigenvalue weighted by molar-refractivity contribution is 6.00. The molecular weight excluding hydrogens is 126 g/mol. The van der Waals surface area contributed by atoms with Crippen molar-refractivity contribution in [2.45, 2.75) is 19.8 Å². The molecule has 0 bridgehead atoms. The fourth-order valence-electron chi connectivity index (χ4n) is 1.13. The molecule has 2 N–H and O–H groups in total. The number of ketones is 1. The van der Waals surface area contributed by atoms with Gasteiger partial charge in [0.2, 0.25) is 0 Å². The normalized spacial score (nSPS) is 20.2. The van der Waals surface area contributed by atoms with E-state index in [1.165, 1.54) is 0 Å². The van der Waals surface area contributed by atoms with Gasteiger partial charge in [-0.1, -0.05) is 6.58 Å². The molecule has 0 unspecified atom stereocenters. The molecule has 56 valence electrons. The van der Waals surface area contributed by atoms with Crippen molar-refractivity contribution in [3.05, 3.63) is 12.2 Å². The first-order valence-corrected chi connectivity index (χ1v) is 3.53. The lowest BCUT2D eigenvalue weighted by Gasteiger charge is -2.08. The molecule has 1 saturated carbocycles. The van der Waals surface area contributed by atoms with Gasteiger partial charge >= 0.3 is 0 Å². The van der Waals surface area contributed by atoms with Crippen LogP contribution in [0.5, 0.6) is 0 Å². The predicted octanol–water partition coefficient (Wildman–Crippen LogP) is 0.871. The van der Waals surface area contributed by atoms with Gasteiger partial charge in [0.1, 0.15) is 0 Å². The van der Waals surface area contributed by atoms with E-state index < -0.39 is 0 Å². The fraction of sp³-hybridized carbons (Fsp3) is 0.625. The van der Waals surface area contributed by atoms with Crippen molar-refractivity contribution in [1.82, 2.24) is 0 Å². The standard InChI is InChI=1S/C8H13NO/c1-6(2)7(10)8(5-9)3-4-8/h1,3-5,9H2,2H3. The molecule has 2 heteroatoms. The van der Waals surface area contributed by atoms with Crippen molar-refractivity contribution >= 4 is 5.78 Å². The van der Waals surface area contributed by atoms with Gasteiger partial charge in [-0.15, -0.1) is 0 Å². The van der Waals surface area contributed by atoms with Crippen molar-refractivity contribution in [3.63, 3.8) is 0 Å². The van der Waals surface area contributed by atoms with Crippen molar-refractivity contribution < 1.29 is 4.79 Å². The highest BCUT2D eigenvalue weighted by atomic mass is 16.1. The maximum Gasteiger partial charge on any atom is 0.165 e. The molecule has 0 aliphatic heterocycles. The Hall–Kier alpha value is -0.630. The molecule has 0 amide bonds. The second-order valence-corrected chi connectivity index (χ2v) is 3.09. The molecule has 0 atom stereocenters. The van der Waals surface area contributed by atoms with Crippen LogP contribution in [0.2, 0.25) is 0 Å². The molecule has 0 spiro atoms. The van der Waals surface area contributed by atoms with Gasteiger partial charge in [-0.05, 0) is 25.3 Å². The van der Waals surface area contributed by atoms with Gasteiger partial charge in [-0.2, -0.15) is 0 Å². The lowest BCUT2D eigenvalue weighted by atomic mass is 9.97. The van der Waals surface area contributed by atoms with Crippen molar-refractivity contribution in [3.8, 4) is 0 Å². The molecule has 1 aliphatic carbocycles. The van der Waals surface area contributed by atoms with Gasteiger partial charge in [-0.3, -0.25) is 4.79 Å². The lowest BCUT2D eigenvalue weighted by molar-refractivity contribution is -0.120. The Balaban J connectivity index is 2.65. The zero-order chi connectivity index (χ0) is 7.78. The Morgan fingerprint density at radius 1 is 1.70 bits per heavy atom. The molecule has 0 aromatic rings. The molecule has 0 heterocycles. The van der Waals surface area contributed by atoms with Crippen molar-refractivity contribution in [2.75, 3.05) is 6.54 Å². The molecule has 0 aromatic carbocycles. The third-order valence-electron chi connectivity index (χ3n) is 2.11. The van der Waals surface area contributed by atoms with E-state index in [0.29, 0.717) is 12.1 Å². The van der Waals surface area contributed by atoms with Gasteiger partial charge in [0.15, 0.2) is 5.78 Å². The van der Waals surface area contributed by atoms with E-state index in [4.69, 9.17) is 5.73 Å². The Labute approximate surface area is 61.1 Å². The third-order valence-corrected chi connectivity index (χ3v) is 2.11. The monoisotopic (exact) mass is 139 g/mol. The molecule has 1 fully saturated rings. The molecular formula is C8H13NO. The average molecular weight is 139 g/mol. The summed E-state index contributed by atoms with van der Waals surface area (Å²) in [5.41, 5.74) is 5.90. The third kappa shape index (κ3) is 0.991. The summed E-state index contributed by atoms with van der Waals surface area (Å²) in [6, 6.07) is 0. The minimum atomic E-state index is -0.189. The maximum atomic E-state index is 11.3. The highest BCUT2D eigenvalue weighted by Gasteiger charge is 2.47. The molecule has 1 aliphatic rings.